The van der Waals surface area contributed by atoms with Crippen LogP contribution < -0.4 is 11.1 Å². The van der Waals surface area contributed by atoms with Crippen molar-refractivity contribution in [3.8, 4) is 0 Å². The van der Waals surface area contributed by atoms with Gasteiger partial charge in [0.1, 0.15) is 0 Å². The molecular formula is C13H19BrN2. The summed E-state index contributed by atoms with van der Waals surface area (Å²) in [4.78, 5) is 0. The van der Waals surface area contributed by atoms with Gasteiger partial charge in [-0.2, -0.15) is 0 Å². The number of anilines is 2. The quantitative estimate of drug-likeness (QED) is 0.808. The van der Waals surface area contributed by atoms with Gasteiger partial charge in [0, 0.05) is 10.5 Å². The lowest BCUT2D eigenvalue weighted by Gasteiger charge is -2.11. The van der Waals surface area contributed by atoms with Crippen LogP contribution >= 0.6 is 15.9 Å². The van der Waals surface area contributed by atoms with Crippen LogP contribution in [0.5, 0.6) is 0 Å². The molecular weight excluding hydrogens is 264 g/mol. The molecule has 1 aromatic carbocycles. The van der Waals surface area contributed by atoms with E-state index >= 15 is 0 Å². The first-order valence-electron chi connectivity index (χ1n) is 5.58. The second kappa shape index (κ2) is 3.39. The molecule has 0 bridgehead atoms. The second-order valence-electron chi connectivity index (χ2n) is 5.75. The lowest BCUT2D eigenvalue weighted by Crippen LogP contribution is -2.11. The molecule has 3 heteroatoms. The van der Waals surface area contributed by atoms with E-state index in [0.29, 0.717) is 16.9 Å². The minimum Gasteiger partial charge on any atom is -0.397 e. The minimum atomic E-state index is 0.326. The Hall–Kier alpha value is -0.700. The summed E-state index contributed by atoms with van der Waals surface area (Å²) in [5, 5.41) is 3.55. The van der Waals surface area contributed by atoms with Crippen LogP contribution in [0.15, 0.2) is 22.7 Å². The molecule has 0 saturated heterocycles. The molecule has 1 fully saturated rings. The van der Waals surface area contributed by atoms with Gasteiger partial charge >= 0.3 is 0 Å². The third-order valence-corrected chi connectivity index (χ3v) is 4.83. The number of hydrogen-bond donors (Lipinski definition) is 2. The Morgan fingerprint density at radius 2 is 1.75 bits per heavy atom. The normalized spacial score (nSPS) is 21.8. The maximum atomic E-state index is 5.98. The average Bonchev–Trinajstić information content (AvgIpc) is 2.52. The van der Waals surface area contributed by atoms with E-state index in [1.165, 1.54) is 0 Å². The Balaban J connectivity index is 2.18. The molecule has 1 saturated carbocycles. The predicted molar refractivity (Wildman–Crippen MR) is 73.5 cm³/mol. The molecule has 2 rings (SSSR count). The standard InChI is InChI=1S/C13H19BrN2/c1-12(2)11(13(12,3)4)16-10-6-5-8(14)7-9(10)15/h5-7,11,16H,15H2,1-4H3. The molecule has 0 spiro atoms. The highest BCUT2D eigenvalue weighted by molar-refractivity contribution is 9.10. The van der Waals surface area contributed by atoms with Gasteiger partial charge in [-0.15, -0.1) is 0 Å². The fourth-order valence-electron chi connectivity index (χ4n) is 2.38. The topological polar surface area (TPSA) is 38.0 Å². The molecule has 0 unspecified atom stereocenters. The number of halogens is 1. The van der Waals surface area contributed by atoms with Crippen LogP contribution in [0.3, 0.4) is 0 Å². The highest BCUT2D eigenvalue weighted by atomic mass is 79.9. The Morgan fingerprint density at radius 3 is 2.19 bits per heavy atom. The number of nitrogen functional groups attached to an aromatic ring is 1. The molecule has 0 aliphatic heterocycles. The summed E-state index contributed by atoms with van der Waals surface area (Å²) in [5.41, 5.74) is 8.47. The molecule has 16 heavy (non-hydrogen) atoms. The van der Waals surface area contributed by atoms with E-state index in [1.54, 1.807) is 0 Å². The minimum absolute atomic E-state index is 0.326. The van der Waals surface area contributed by atoms with Crippen molar-refractivity contribution in [1.29, 1.82) is 0 Å². The number of nitrogens with two attached hydrogens (primary N) is 1. The van der Waals surface area contributed by atoms with Gasteiger partial charge in [0.2, 0.25) is 0 Å². The van der Waals surface area contributed by atoms with Gasteiger partial charge in [0.15, 0.2) is 0 Å². The monoisotopic (exact) mass is 282 g/mol. The van der Waals surface area contributed by atoms with Crippen LogP contribution in [0.25, 0.3) is 0 Å². The first-order valence-corrected chi connectivity index (χ1v) is 6.37. The van der Waals surface area contributed by atoms with Gasteiger partial charge in [0.05, 0.1) is 11.4 Å². The summed E-state index contributed by atoms with van der Waals surface area (Å²) in [6, 6.07) is 6.47. The Kier molecular flexibility index (Phi) is 2.50. The Bertz CT molecular complexity index is 410. The smallest absolute Gasteiger partial charge is 0.0577 e. The van der Waals surface area contributed by atoms with Crippen molar-refractivity contribution in [3.63, 3.8) is 0 Å². The first-order chi connectivity index (χ1) is 7.26. The van der Waals surface area contributed by atoms with Gasteiger partial charge in [-0.25, -0.2) is 0 Å². The fourth-order valence-corrected chi connectivity index (χ4v) is 2.76. The SMILES string of the molecule is CC1(C)C(Nc2ccc(Br)cc2N)C1(C)C. The van der Waals surface area contributed by atoms with Crippen LogP contribution in [0.1, 0.15) is 27.7 Å². The van der Waals surface area contributed by atoms with E-state index in [9.17, 15) is 0 Å². The molecule has 0 heterocycles. The first kappa shape index (κ1) is 11.8. The zero-order valence-electron chi connectivity index (χ0n) is 10.3. The van der Waals surface area contributed by atoms with Crippen molar-refractivity contribution in [2.75, 3.05) is 11.1 Å². The lowest BCUT2D eigenvalue weighted by molar-refractivity contribution is 0.457. The summed E-state index contributed by atoms with van der Waals surface area (Å²) < 4.78 is 1.02. The van der Waals surface area contributed by atoms with Crippen LogP contribution in [0, 0.1) is 10.8 Å². The molecule has 0 aromatic heterocycles. The maximum Gasteiger partial charge on any atom is 0.0577 e. The van der Waals surface area contributed by atoms with Crippen LogP contribution in [-0.2, 0) is 0 Å². The van der Waals surface area contributed by atoms with Crippen molar-refractivity contribution in [2.24, 2.45) is 10.8 Å². The largest absolute Gasteiger partial charge is 0.397 e. The zero-order valence-corrected chi connectivity index (χ0v) is 11.9. The zero-order chi connectivity index (χ0) is 12.1. The van der Waals surface area contributed by atoms with Crippen molar-refractivity contribution in [1.82, 2.24) is 0 Å². The third-order valence-electron chi connectivity index (χ3n) is 4.33. The highest BCUT2D eigenvalue weighted by Gasteiger charge is 2.64. The molecule has 0 radical (unpaired) electrons. The van der Waals surface area contributed by atoms with Gasteiger partial charge in [-0.3, -0.25) is 0 Å². The fraction of sp³-hybridized carbons (Fsp3) is 0.538. The number of nitrogens with one attached hydrogen (secondary N) is 1. The van der Waals surface area contributed by atoms with E-state index < -0.39 is 0 Å². The maximum absolute atomic E-state index is 5.98. The van der Waals surface area contributed by atoms with Gasteiger partial charge < -0.3 is 11.1 Å². The van der Waals surface area contributed by atoms with Gasteiger partial charge in [-0.1, -0.05) is 43.6 Å². The van der Waals surface area contributed by atoms with Crippen molar-refractivity contribution in [2.45, 2.75) is 33.7 Å². The summed E-state index contributed by atoms with van der Waals surface area (Å²) in [7, 11) is 0. The van der Waals surface area contributed by atoms with E-state index in [2.05, 4.69) is 48.9 Å². The van der Waals surface area contributed by atoms with Gasteiger partial charge in [-0.05, 0) is 29.0 Å². The molecule has 0 atom stereocenters. The summed E-state index contributed by atoms with van der Waals surface area (Å²) in [5.74, 6) is 0. The summed E-state index contributed by atoms with van der Waals surface area (Å²) in [6.45, 7) is 9.17. The average molecular weight is 283 g/mol. The van der Waals surface area contributed by atoms with E-state index in [4.69, 9.17) is 5.73 Å². The molecule has 0 amide bonds. The Labute approximate surface area is 106 Å². The third kappa shape index (κ3) is 1.61. The molecule has 2 nitrogen and oxygen atoms in total. The molecule has 1 aliphatic carbocycles. The highest BCUT2D eigenvalue weighted by Crippen LogP contribution is 2.63. The number of hydrogen-bond acceptors (Lipinski definition) is 2. The predicted octanol–water partition coefficient (Wildman–Crippen LogP) is 3.88. The van der Waals surface area contributed by atoms with E-state index in [0.717, 1.165) is 15.8 Å². The molecule has 1 aromatic rings. The lowest BCUT2D eigenvalue weighted by atomic mass is 10.0. The Morgan fingerprint density at radius 1 is 1.19 bits per heavy atom. The molecule has 1 aliphatic rings. The summed E-state index contributed by atoms with van der Waals surface area (Å²) in [6.07, 6.45) is 0. The van der Waals surface area contributed by atoms with Gasteiger partial charge in [0.25, 0.3) is 0 Å². The van der Waals surface area contributed by atoms with Crippen molar-refractivity contribution < 1.29 is 0 Å². The summed E-state index contributed by atoms with van der Waals surface area (Å²) >= 11 is 3.42. The number of benzene rings is 1. The molecule has 3 N–H and O–H groups in total. The van der Waals surface area contributed by atoms with E-state index in [-0.39, 0.29) is 0 Å². The van der Waals surface area contributed by atoms with Crippen LogP contribution in [-0.4, -0.2) is 6.04 Å². The van der Waals surface area contributed by atoms with Crippen LogP contribution in [0.4, 0.5) is 11.4 Å². The second-order valence-corrected chi connectivity index (χ2v) is 6.67. The van der Waals surface area contributed by atoms with Crippen LogP contribution in [0.2, 0.25) is 0 Å². The van der Waals surface area contributed by atoms with Crippen molar-refractivity contribution in [3.05, 3.63) is 22.7 Å². The van der Waals surface area contributed by atoms with Crippen molar-refractivity contribution >= 4 is 27.3 Å². The van der Waals surface area contributed by atoms with E-state index in [1.807, 2.05) is 18.2 Å². The molecule has 88 valence electrons. The number of rotatable bonds is 2.